The number of aromatic nitrogens is 1. The van der Waals surface area contributed by atoms with Crippen molar-refractivity contribution >= 4 is 23.3 Å². The van der Waals surface area contributed by atoms with Gasteiger partial charge in [-0.05, 0) is 44.4 Å². The van der Waals surface area contributed by atoms with Crippen LogP contribution in [0.25, 0.3) is 10.9 Å². The van der Waals surface area contributed by atoms with Gasteiger partial charge in [0, 0.05) is 29.7 Å². The first-order valence-electron chi connectivity index (χ1n) is 6.45. The maximum absolute atomic E-state index is 5.93. The molecule has 0 fully saturated rings. The molecule has 1 atom stereocenters. The Morgan fingerprint density at radius 2 is 2.06 bits per heavy atom. The lowest BCUT2D eigenvalue weighted by Crippen LogP contribution is -2.17. The molecule has 1 aromatic carbocycles. The molecular weight excluding hydrogens is 244 g/mol. The number of nitrogens with two attached hydrogens (primary N) is 1. The Kier molecular flexibility index (Phi) is 5.24. The van der Waals surface area contributed by atoms with Crippen molar-refractivity contribution < 1.29 is 0 Å². The molecular formula is C15H23ClN2. The zero-order chi connectivity index (χ0) is 12.4. The third-order valence-corrected chi connectivity index (χ3v) is 3.13. The molecule has 0 saturated heterocycles. The van der Waals surface area contributed by atoms with Crippen molar-refractivity contribution in [3.63, 3.8) is 0 Å². The van der Waals surface area contributed by atoms with E-state index in [0.29, 0.717) is 0 Å². The van der Waals surface area contributed by atoms with Gasteiger partial charge in [-0.15, -0.1) is 12.4 Å². The van der Waals surface area contributed by atoms with Crippen LogP contribution in [0.15, 0.2) is 24.4 Å². The molecule has 0 bridgehead atoms. The van der Waals surface area contributed by atoms with Crippen LogP contribution in [0.1, 0.15) is 31.4 Å². The van der Waals surface area contributed by atoms with Crippen LogP contribution in [-0.4, -0.2) is 10.6 Å². The Labute approximate surface area is 116 Å². The molecule has 0 amide bonds. The molecule has 2 rings (SSSR count). The number of rotatable bonds is 4. The Hall–Kier alpha value is -0.990. The second kappa shape index (κ2) is 6.26. The number of fused-ring (bicyclic) bond motifs is 1. The zero-order valence-corrected chi connectivity index (χ0v) is 12.3. The summed E-state index contributed by atoms with van der Waals surface area (Å²) < 4.78 is 2.35. The van der Waals surface area contributed by atoms with Crippen molar-refractivity contribution in [2.75, 3.05) is 0 Å². The molecule has 2 aromatic rings. The maximum Gasteiger partial charge on any atom is 0.0483 e. The van der Waals surface area contributed by atoms with Crippen LogP contribution in [0.2, 0.25) is 0 Å². The van der Waals surface area contributed by atoms with E-state index in [9.17, 15) is 0 Å². The Morgan fingerprint density at radius 1 is 1.33 bits per heavy atom. The van der Waals surface area contributed by atoms with Crippen molar-refractivity contribution in [3.8, 4) is 0 Å². The molecule has 0 aliphatic heterocycles. The molecule has 2 N–H and O–H groups in total. The zero-order valence-electron chi connectivity index (χ0n) is 11.4. The van der Waals surface area contributed by atoms with Crippen LogP contribution >= 0.6 is 12.4 Å². The minimum absolute atomic E-state index is 0. The van der Waals surface area contributed by atoms with E-state index in [4.69, 9.17) is 5.73 Å². The quantitative estimate of drug-likeness (QED) is 0.899. The molecule has 1 heterocycles. The minimum atomic E-state index is 0. The Bertz CT molecular complexity index is 514. The second-order valence-corrected chi connectivity index (χ2v) is 5.05. The van der Waals surface area contributed by atoms with E-state index in [-0.39, 0.29) is 18.4 Å². The largest absolute Gasteiger partial charge is 0.347 e. The number of hydrogen-bond donors (Lipinski definition) is 1. The summed E-state index contributed by atoms with van der Waals surface area (Å²) >= 11 is 0. The summed E-state index contributed by atoms with van der Waals surface area (Å²) in [5.74, 6) is 0. The lowest BCUT2D eigenvalue weighted by molar-refractivity contribution is 0.692. The van der Waals surface area contributed by atoms with E-state index in [0.717, 1.165) is 19.4 Å². The second-order valence-electron chi connectivity index (χ2n) is 5.05. The maximum atomic E-state index is 5.93. The summed E-state index contributed by atoms with van der Waals surface area (Å²) in [5.41, 5.74) is 9.97. The van der Waals surface area contributed by atoms with Gasteiger partial charge in [0.2, 0.25) is 0 Å². The fourth-order valence-corrected chi connectivity index (χ4v) is 2.42. The molecule has 0 radical (unpaired) electrons. The first-order valence-corrected chi connectivity index (χ1v) is 6.45. The van der Waals surface area contributed by atoms with Gasteiger partial charge in [0.05, 0.1) is 0 Å². The van der Waals surface area contributed by atoms with Gasteiger partial charge in [-0.2, -0.15) is 0 Å². The van der Waals surface area contributed by atoms with Gasteiger partial charge >= 0.3 is 0 Å². The lowest BCUT2D eigenvalue weighted by atomic mass is 10.1. The SMILES string of the molecule is CCCn1cc(CC(C)N)c2cc(C)ccc21.Cl. The van der Waals surface area contributed by atoms with Crippen molar-refractivity contribution in [1.82, 2.24) is 4.57 Å². The highest BCUT2D eigenvalue weighted by Gasteiger charge is 2.09. The van der Waals surface area contributed by atoms with Crippen molar-refractivity contribution in [2.24, 2.45) is 5.73 Å². The molecule has 1 aromatic heterocycles. The summed E-state index contributed by atoms with van der Waals surface area (Å²) in [6.45, 7) is 7.51. The standard InChI is InChI=1S/C15H22N2.ClH/c1-4-7-17-10-13(9-12(3)16)14-8-11(2)5-6-15(14)17;/h5-6,8,10,12H,4,7,9,16H2,1-3H3;1H. The molecule has 3 heteroatoms. The van der Waals surface area contributed by atoms with Crippen LogP contribution in [0, 0.1) is 6.92 Å². The molecule has 0 spiro atoms. The number of hydrogen-bond acceptors (Lipinski definition) is 1. The van der Waals surface area contributed by atoms with Crippen LogP contribution in [0.3, 0.4) is 0 Å². The summed E-state index contributed by atoms with van der Waals surface area (Å²) in [7, 11) is 0. The minimum Gasteiger partial charge on any atom is -0.347 e. The summed E-state index contributed by atoms with van der Waals surface area (Å²) in [4.78, 5) is 0. The summed E-state index contributed by atoms with van der Waals surface area (Å²) in [6, 6.07) is 6.91. The van der Waals surface area contributed by atoms with Crippen LogP contribution in [0.4, 0.5) is 0 Å². The number of aryl methyl sites for hydroxylation is 2. The highest BCUT2D eigenvalue weighted by Crippen LogP contribution is 2.24. The Balaban J connectivity index is 0.00000162. The smallest absolute Gasteiger partial charge is 0.0483 e. The van der Waals surface area contributed by atoms with E-state index in [1.54, 1.807) is 0 Å². The van der Waals surface area contributed by atoms with Crippen molar-refractivity contribution in [2.45, 2.75) is 46.2 Å². The predicted octanol–water partition coefficient (Wildman–Crippen LogP) is 3.67. The average molecular weight is 267 g/mol. The van der Waals surface area contributed by atoms with Crippen molar-refractivity contribution in [1.29, 1.82) is 0 Å². The molecule has 18 heavy (non-hydrogen) atoms. The molecule has 2 nitrogen and oxygen atoms in total. The molecule has 0 aliphatic rings. The van der Waals surface area contributed by atoms with E-state index in [1.807, 2.05) is 0 Å². The topological polar surface area (TPSA) is 30.9 Å². The first kappa shape index (κ1) is 15.1. The number of halogens is 1. The number of nitrogens with zero attached hydrogens (tertiary/aromatic N) is 1. The van der Waals surface area contributed by atoms with E-state index < -0.39 is 0 Å². The highest BCUT2D eigenvalue weighted by molar-refractivity contribution is 5.85. The first-order chi connectivity index (χ1) is 8.11. The van der Waals surface area contributed by atoms with Crippen LogP contribution in [-0.2, 0) is 13.0 Å². The fraction of sp³-hybridized carbons (Fsp3) is 0.467. The summed E-state index contributed by atoms with van der Waals surface area (Å²) in [6.07, 6.45) is 4.39. The predicted molar refractivity (Wildman–Crippen MR) is 81.6 cm³/mol. The third kappa shape index (κ3) is 3.06. The fourth-order valence-electron chi connectivity index (χ4n) is 2.42. The molecule has 100 valence electrons. The monoisotopic (exact) mass is 266 g/mol. The van der Waals surface area contributed by atoms with Gasteiger partial charge in [0.1, 0.15) is 0 Å². The molecule has 1 unspecified atom stereocenters. The normalized spacial score (nSPS) is 12.4. The van der Waals surface area contributed by atoms with Gasteiger partial charge in [-0.3, -0.25) is 0 Å². The van der Waals surface area contributed by atoms with Gasteiger partial charge in [-0.1, -0.05) is 18.6 Å². The summed E-state index contributed by atoms with van der Waals surface area (Å²) in [5, 5.41) is 1.37. The highest BCUT2D eigenvalue weighted by atomic mass is 35.5. The Morgan fingerprint density at radius 3 is 2.67 bits per heavy atom. The van der Waals surface area contributed by atoms with Gasteiger partial charge < -0.3 is 10.3 Å². The average Bonchev–Trinajstić information content (AvgIpc) is 2.56. The van der Waals surface area contributed by atoms with Crippen LogP contribution in [0.5, 0.6) is 0 Å². The van der Waals surface area contributed by atoms with Gasteiger partial charge in [-0.25, -0.2) is 0 Å². The number of benzene rings is 1. The van der Waals surface area contributed by atoms with Crippen molar-refractivity contribution in [3.05, 3.63) is 35.5 Å². The van der Waals surface area contributed by atoms with E-state index in [2.05, 4.69) is 49.7 Å². The third-order valence-electron chi connectivity index (χ3n) is 3.13. The molecule has 0 aliphatic carbocycles. The van der Waals surface area contributed by atoms with Gasteiger partial charge in [0.25, 0.3) is 0 Å². The van der Waals surface area contributed by atoms with Gasteiger partial charge in [0.15, 0.2) is 0 Å². The molecule has 0 saturated carbocycles. The van der Waals surface area contributed by atoms with E-state index in [1.165, 1.54) is 22.0 Å². The van der Waals surface area contributed by atoms with Crippen LogP contribution < -0.4 is 5.73 Å². The lowest BCUT2D eigenvalue weighted by Gasteiger charge is -2.03. The van der Waals surface area contributed by atoms with E-state index >= 15 is 0 Å².